The molecule has 0 saturated carbocycles. The lowest BCUT2D eigenvalue weighted by molar-refractivity contribution is 0.564. The van der Waals surface area contributed by atoms with Gasteiger partial charge in [-0.05, 0) is 49.4 Å². The third-order valence-corrected chi connectivity index (χ3v) is 6.79. The van der Waals surface area contributed by atoms with E-state index in [9.17, 15) is 0 Å². The fraction of sp³-hybridized carbons (Fsp3) is 0.0769. The number of nitrogens with two attached hydrogens (primary N) is 1. The van der Waals surface area contributed by atoms with E-state index in [0.29, 0.717) is 27.6 Å². The Bertz CT molecular complexity index is 1940. The minimum Gasteiger partial charge on any atom is -0.383 e. The second-order valence-electron chi connectivity index (χ2n) is 8.77. The monoisotopic (exact) mass is 506 g/mol. The Hall–Kier alpha value is -4.83. The van der Waals surface area contributed by atoms with E-state index in [4.69, 9.17) is 27.5 Å². The molecule has 0 fully saturated rings. The molecule has 5 aromatic heterocycles. The molecule has 10 nitrogen and oxygen atoms in total. The van der Waals surface area contributed by atoms with E-state index in [2.05, 4.69) is 25.1 Å². The lowest BCUT2D eigenvalue weighted by Crippen LogP contribution is -2.11. The molecule has 1 atom stereocenters. The molecule has 0 amide bonds. The zero-order valence-corrected chi connectivity index (χ0v) is 20.3. The second kappa shape index (κ2) is 8.10. The summed E-state index contributed by atoms with van der Waals surface area (Å²) < 4.78 is 3.70. The first-order chi connectivity index (χ1) is 18.1. The number of H-pyrrole nitrogens is 1. The summed E-state index contributed by atoms with van der Waals surface area (Å²) in [6.45, 7) is 2.04. The minimum absolute atomic E-state index is 0.287. The van der Waals surface area contributed by atoms with Gasteiger partial charge in [-0.3, -0.25) is 10.1 Å². The summed E-state index contributed by atoms with van der Waals surface area (Å²) in [6.07, 6.45) is 6.73. The molecular formula is C26H19ClN10. The van der Waals surface area contributed by atoms with Crippen molar-refractivity contribution in [2.24, 2.45) is 0 Å². The smallest absolute Gasteiger partial charge is 0.164 e. The molecule has 0 aliphatic heterocycles. The van der Waals surface area contributed by atoms with E-state index in [1.807, 2.05) is 64.8 Å². The van der Waals surface area contributed by atoms with Crippen LogP contribution in [0, 0.1) is 0 Å². The maximum Gasteiger partial charge on any atom is 0.164 e. The van der Waals surface area contributed by atoms with Gasteiger partial charge < -0.3 is 5.73 Å². The summed E-state index contributed by atoms with van der Waals surface area (Å²) in [5, 5.41) is 20.3. The van der Waals surface area contributed by atoms with Crippen LogP contribution in [0.2, 0.25) is 5.02 Å². The molecule has 7 rings (SSSR count). The van der Waals surface area contributed by atoms with Gasteiger partial charge in [0, 0.05) is 27.6 Å². The predicted molar refractivity (Wildman–Crippen MR) is 143 cm³/mol. The number of fused-ring (bicyclic) bond motifs is 3. The molecule has 0 aliphatic rings. The zero-order chi connectivity index (χ0) is 25.1. The molecule has 0 saturated heterocycles. The molecule has 2 aromatic carbocycles. The Kier molecular flexibility index (Phi) is 4.70. The number of pyridine rings is 1. The van der Waals surface area contributed by atoms with Crippen molar-refractivity contribution in [2.45, 2.75) is 13.0 Å². The Morgan fingerprint density at radius 3 is 2.81 bits per heavy atom. The zero-order valence-electron chi connectivity index (χ0n) is 19.5. The SMILES string of the molecule is CC(c1nn(-c2cccnc2)c2cc(Cl)ccc12)n1nc(-c2ccc3[nH]ncc3c2)c2c(N)ncnc21. The third-order valence-electron chi connectivity index (χ3n) is 6.56. The first-order valence-corrected chi connectivity index (χ1v) is 12.0. The standard InChI is InChI=1S/C26H19ClN10/c1-14(23-19-6-5-17(27)10-21(19)37(34-23)18-3-2-8-29-12-18)36-26-22(25(28)30-13-31-26)24(35-36)15-4-7-20-16(9-15)11-32-33-20/h2-14H,1H3,(H,32,33)(H2,28,30,31). The van der Waals surface area contributed by atoms with Crippen molar-refractivity contribution in [1.82, 2.24) is 44.7 Å². The summed E-state index contributed by atoms with van der Waals surface area (Å²) >= 11 is 6.37. The van der Waals surface area contributed by atoms with Crippen LogP contribution in [0.4, 0.5) is 5.82 Å². The van der Waals surface area contributed by atoms with E-state index in [1.54, 1.807) is 18.6 Å². The van der Waals surface area contributed by atoms with Gasteiger partial charge in [0.2, 0.25) is 0 Å². The van der Waals surface area contributed by atoms with Crippen LogP contribution in [0.1, 0.15) is 18.7 Å². The third kappa shape index (κ3) is 3.34. The van der Waals surface area contributed by atoms with Gasteiger partial charge in [-0.2, -0.15) is 15.3 Å². The first kappa shape index (κ1) is 21.5. The molecular weight excluding hydrogens is 488 g/mol. The van der Waals surface area contributed by atoms with Crippen molar-refractivity contribution >= 4 is 50.3 Å². The Balaban J connectivity index is 1.45. The van der Waals surface area contributed by atoms with Gasteiger partial charge >= 0.3 is 0 Å². The number of halogens is 1. The highest BCUT2D eigenvalue weighted by Crippen LogP contribution is 2.36. The number of nitrogens with one attached hydrogen (secondary N) is 1. The Morgan fingerprint density at radius 2 is 1.95 bits per heavy atom. The fourth-order valence-electron chi connectivity index (χ4n) is 4.77. The van der Waals surface area contributed by atoms with Crippen molar-refractivity contribution < 1.29 is 0 Å². The highest BCUT2D eigenvalue weighted by Gasteiger charge is 2.25. The Morgan fingerprint density at radius 1 is 1.03 bits per heavy atom. The molecule has 0 radical (unpaired) electrons. The largest absolute Gasteiger partial charge is 0.383 e. The summed E-state index contributed by atoms with van der Waals surface area (Å²) in [6, 6.07) is 15.3. The quantitative estimate of drug-likeness (QED) is 0.345. The maximum absolute atomic E-state index is 6.37. The van der Waals surface area contributed by atoms with Crippen LogP contribution in [0.15, 0.2) is 73.4 Å². The van der Waals surface area contributed by atoms with Crippen molar-refractivity contribution in [3.63, 3.8) is 0 Å². The summed E-state index contributed by atoms with van der Waals surface area (Å²) in [5.41, 5.74) is 12.0. The second-order valence-corrected chi connectivity index (χ2v) is 9.20. The van der Waals surface area contributed by atoms with Crippen LogP contribution < -0.4 is 5.73 Å². The van der Waals surface area contributed by atoms with E-state index in [1.165, 1.54) is 6.33 Å². The van der Waals surface area contributed by atoms with Gasteiger partial charge in [0.25, 0.3) is 0 Å². The van der Waals surface area contributed by atoms with Crippen LogP contribution in [-0.2, 0) is 0 Å². The van der Waals surface area contributed by atoms with E-state index in [0.717, 1.165) is 38.8 Å². The van der Waals surface area contributed by atoms with Crippen molar-refractivity contribution in [1.29, 1.82) is 0 Å². The molecule has 3 N–H and O–H groups in total. The maximum atomic E-state index is 6.37. The van der Waals surface area contributed by atoms with Crippen molar-refractivity contribution in [3.05, 3.63) is 84.2 Å². The molecule has 0 bridgehead atoms. The van der Waals surface area contributed by atoms with E-state index in [-0.39, 0.29) is 6.04 Å². The molecule has 180 valence electrons. The van der Waals surface area contributed by atoms with Crippen LogP contribution in [-0.4, -0.2) is 44.7 Å². The van der Waals surface area contributed by atoms with Crippen molar-refractivity contribution in [2.75, 3.05) is 5.73 Å². The highest BCUT2D eigenvalue weighted by molar-refractivity contribution is 6.31. The van der Waals surface area contributed by atoms with Crippen LogP contribution in [0.3, 0.4) is 0 Å². The molecule has 0 spiro atoms. The van der Waals surface area contributed by atoms with Crippen molar-refractivity contribution in [3.8, 4) is 16.9 Å². The number of rotatable bonds is 4. The summed E-state index contributed by atoms with van der Waals surface area (Å²) in [4.78, 5) is 13.1. The normalized spacial score (nSPS) is 12.6. The number of nitrogens with zero attached hydrogens (tertiary/aromatic N) is 8. The molecule has 1 unspecified atom stereocenters. The minimum atomic E-state index is -0.287. The fourth-order valence-corrected chi connectivity index (χ4v) is 4.94. The van der Waals surface area contributed by atoms with Crippen LogP contribution >= 0.6 is 11.6 Å². The number of benzene rings is 2. The molecule has 5 heterocycles. The summed E-state index contributed by atoms with van der Waals surface area (Å²) in [5.74, 6) is 0.364. The highest BCUT2D eigenvalue weighted by atomic mass is 35.5. The lowest BCUT2D eigenvalue weighted by atomic mass is 10.1. The number of hydrogen-bond donors (Lipinski definition) is 2. The van der Waals surface area contributed by atoms with Crippen LogP contribution in [0.5, 0.6) is 0 Å². The number of hydrogen-bond acceptors (Lipinski definition) is 7. The van der Waals surface area contributed by atoms with Gasteiger partial charge in [-0.25, -0.2) is 19.3 Å². The Labute approximate surface area is 214 Å². The van der Waals surface area contributed by atoms with Gasteiger partial charge in [0.05, 0.1) is 46.2 Å². The molecule has 11 heteroatoms. The first-order valence-electron chi connectivity index (χ1n) is 11.6. The average Bonchev–Trinajstić information content (AvgIpc) is 3.64. The molecule has 7 aromatic rings. The number of aromatic nitrogens is 9. The van der Waals surface area contributed by atoms with Gasteiger partial charge in [-0.1, -0.05) is 17.7 Å². The van der Waals surface area contributed by atoms with E-state index < -0.39 is 0 Å². The number of aromatic amines is 1. The van der Waals surface area contributed by atoms with Gasteiger partial charge in [-0.15, -0.1) is 0 Å². The predicted octanol–water partition coefficient (Wildman–Crippen LogP) is 4.95. The number of nitrogen functional groups attached to an aromatic ring is 1. The van der Waals surface area contributed by atoms with Gasteiger partial charge in [0.1, 0.15) is 17.8 Å². The lowest BCUT2D eigenvalue weighted by Gasteiger charge is -2.11. The topological polar surface area (TPSA) is 129 Å². The average molecular weight is 507 g/mol. The molecule has 37 heavy (non-hydrogen) atoms. The van der Waals surface area contributed by atoms with E-state index >= 15 is 0 Å². The van der Waals surface area contributed by atoms with Gasteiger partial charge in [0.15, 0.2) is 5.65 Å². The van der Waals surface area contributed by atoms with Crippen LogP contribution in [0.25, 0.3) is 49.8 Å². The molecule has 0 aliphatic carbocycles. The summed E-state index contributed by atoms with van der Waals surface area (Å²) in [7, 11) is 0. The number of anilines is 1.